The molecule has 5 rings (SSSR count). The minimum absolute atomic E-state index is 0.478. The van der Waals surface area contributed by atoms with Gasteiger partial charge in [0.2, 0.25) is 0 Å². The van der Waals surface area contributed by atoms with E-state index in [0.717, 1.165) is 34.1 Å². The van der Waals surface area contributed by atoms with Crippen LogP contribution in [0.2, 0.25) is 5.15 Å². The summed E-state index contributed by atoms with van der Waals surface area (Å²) in [5.41, 5.74) is 2.74. The molecule has 128 valence electrons. The van der Waals surface area contributed by atoms with Crippen LogP contribution in [0.15, 0.2) is 67.0 Å². The van der Waals surface area contributed by atoms with Gasteiger partial charge in [-0.2, -0.15) is 0 Å². The molecule has 4 aromatic rings. The zero-order chi connectivity index (χ0) is 17.5. The molecule has 4 nitrogen and oxygen atoms in total. The van der Waals surface area contributed by atoms with Crippen LogP contribution in [0.3, 0.4) is 0 Å². The van der Waals surface area contributed by atoms with Gasteiger partial charge in [0.15, 0.2) is 5.15 Å². The number of aromatic nitrogens is 3. The summed E-state index contributed by atoms with van der Waals surface area (Å²) in [6, 6.07) is 17.7. The van der Waals surface area contributed by atoms with Crippen molar-refractivity contribution in [2.24, 2.45) is 0 Å². The normalized spacial score (nSPS) is 13.9. The quantitative estimate of drug-likeness (QED) is 0.466. The number of ether oxygens (including phenoxy) is 1. The van der Waals surface area contributed by atoms with Crippen LogP contribution in [0.1, 0.15) is 24.6 Å². The van der Waals surface area contributed by atoms with Gasteiger partial charge in [0, 0.05) is 23.9 Å². The van der Waals surface area contributed by atoms with E-state index in [0.29, 0.717) is 11.1 Å². The second kappa shape index (κ2) is 6.15. The third-order valence-electron chi connectivity index (χ3n) is 4.59. The van der Waals surface area contributed by atoms with Crippen LogP contribution in [0, 0.1) is 0 Å². The molecule has 0 aliphatic heterocycles. The summed E-state index contributed by atoms with van der Waals surface area (Å²) in [6.07, 6.45) is 6.03. The molecule has 0 radical (unpaired) electrons. The fourth-order valence-electron chi connectivity index (χ4n) is 3.16. The summed E-state index contributed by atoms with van der Waals surface area (Å²) in [7, 11) is 0. The molecule has 1 saturated carbocycles. The van der Waals surface area contributed by atoms with Crippen LogP contribution >= 0.6 is 11.6 Å². The largest absolute Gasteiger partial charge is 0.457 e. The Morgan fingerprint density at radius 1 is 0.962 bits per heavy atom. The topological polar surface area (TPSA) is 39.4 Å². The van der Waals surface area contributed by atoms with Gasteiger partial charge in [-0.05, 0) is 49.2 Å². The maximum Gasteiger partial charge on any atom is 0.155 e. The molecule has 0 N–H and O–H groups in total. The molecule has 1 aliphatic carbocycles. The lowest BCUT2D eigenvalue weighted by atomic mass is 10.1. The SMILES string of the molecule is Clc1nccn2c(C3CC3)nc(-c3ccc(Oc4ccccc4)cc3)c12. The minimum atomic E-state index is 0.478. The van der Waals surface area contributed by atoms with Gasteiger partial charge >= 0.3 is 0 Å². The van der Waals surface area contributed by atoms with Gasteiger partial charge in [-0.15, -0.1) is 0 Å². The highest BCUT2D eigenvalue weighted by Crippen LogP contribution is 2.42. The third-order valence-corrected chi connectivity index (χ3v) is 4.86. The number of benzene rings is 2. The summed E-state index contributed by atoms with van der Waals surface area (Å²) in [5.74, 6) is 3.20. The molecule has 1 fully saturated rings. The van der Waals surface area contributed by atoms with Crippen LogP contribution < -0.4 is 4.74 Å². The van der Waals surface area contributed by atoms with Crippen molar-refractivity contribution in [2.75, 3.05) is 0 Å². The molecule has 2 aromatic heterocycles. The first kappa shape index (κ1) is 15.4. The second-order valence-electron chi connectivity index (χ2n) is 6.47. The van der Waals surface area contributed by atoms with E-state index in [-0.39, 0.29) is 0 Å². The molecular weight excluding hydrogens is 346 g/mol. The van der Waals surface area contributed by atoms with Crippen LogP contribution in [0.25, 0.3) is 16.8 Å². The summed E-state index contributed by atoms with van der Waals surface area (Å²) < 4.78 is 7.95. The number of para-hydroxylation sites is 1. The predicted octanol–water partition coefficient (Wildman–Crippen LogP) is 5.72. The molecule has 2 heterocycles. The zero-order valence-corrected chi connectivity index (χ0v) is 14.7. The molecule has 5 heteroatoms. The average Bonchev–Trinajstić information content (AvgIpc) is 3.44. The Kier molecular flexibility index (Phi) is 3.64. The lowest BCUT2D eigenvalue weighted by Crippen LogP contribution is -1.92. The number of fused-ring (bicyclic) bond motifs is 1. The van der Waals surface area contributed by atoms with Crippen LogP contribution in [-0.4, -0.2) is 14.4 Å². The molecular formula is C21H16ClN3O. The fraction of sp³-hybridized carbons (Fsp3) is 0.143. The number of hydrogen-bond acceptors (Lipinski definition) is 3. The molecule has 0 unspecified atom stereocenters. The van der Waals surface area contributed by atoms with Crippen LogP contribution in [0.5, 0.6) is 11.5 Å². The Morgan fingerprint density at radius 3 is 2.42 bits per heavy atom. The van der Waals surface area contributed by atoms with Crippen molar-refractivity contribution in [3.8, 4) is 22.8 Å². The Morgan fingerprint density at radius 2 is 1.69 bits per heavy atom. The maximum atomic E-state index is 6.39. The van der Waals surface area contributed by atoms with Gasteiger partial charge in [0.1, 0.15) is 22.8 Å². The van der Waals surface area contributed by atoms with E-state index in [1.54, 1.807) is 6.20 Å². The van der Waals surface area contributed by atoms with Crippen molar-refractivity contribution in [3.05, 3.63) is 78.0 Å². The van der Waals surface area contributed by atoms with E-state index < -0.39 is 0 Å². The van der Waals surface area contributed by atoms with Crippen molar-refractivity contribution in [3.63, 3.8) is 0 Å². The van der Waals surface area contributed by atoms with Gasteiger partial charge in [-0.25, -0.2) is 9.97 Å². The summed E-state index contributed by atoms with van der Waals surface area (Å²) in [5, 5.41) is 0.478. The molecule has 0 bridgehead atoms. The van der Waals surface area contributed by atoms with Crippen molar-refractivity contribution in [1.29, 1.82) is 0 Å². The van der Waals surface area contributed by atoms with Gasteiger partial charge in [0.05, 0.1) is 5.69 Å². The third kappa shape index (κ3) is 2.72. The standard InChI is InChI=1S/C21H16ClN3O/c22-20-19-18(24-21(15-6-7-15)25(19)13-12-23-20)14-8-10-17(11-9-14)26-16-4-2-1-3-5-16/h1-5,8-13,15H,6-7H2. The van der Waals surface area contributed by atoms with Crippen LogP contribution in [-0.2, 0) is 0 Å². The summed E-state index contributed by atoms with van der Waals surface area (Å²) in [4.78, 5) is 9.13. The molecule has 0 amide bonds. The number of hydrogen-bond donors (Lipinski definition) is 0. The van der Waals surface area contributed by atoms with E-state index in [9.17, 15) is 0 Å². The van der Waals surface area contributed by atoms with Crippen molar-refractivity contribution >= 4 is 17.1 Å². The fourth-order valence-corrected chi connectivity index (χ4v) is 3.40. The predicted molar refractivity (Wildman–Crippen MR) is 102 cm³/mol. The van der Waals surface area contributed by atoms with E-state index in [4.69, 9.17) is 21.3 Å². The Labute approximate surface area is 156 Å². The van der Waals surface area contributed by atoms with E-state index in [2.05, 4.69) is 9.38 Å². The molecule has 0 atom stereocenters. The first-order chi connectivity index (χ1) is 12.8. The van der Waals surface area contributed by atoms with Gasteiger partial charge < -0.3 is 4.74 Å². The Balaban J connectivity index is 1.54. The van der Waals surface area contributed by atoms with Crippen LogP contribution in [0.4, 0.5) is 0 Å². The number of nitrogens with zero attached hydrogens (tertiary/aromatic N) is 3. The number of halogens is 1. The Bertz CT molecular complexity index is 1070. The lowest BCUT2D eigenvalue weighted by Gasteiger charge is -2.06. The van der Waals surface area contributed by atoms with E-state index in [1.165, 1.54) is 12.8 Å². The average molecular weight is 362 g/mol. The first-order valence-electron chi connectivity index (χ1n) is 8.65. The number of rotatable bonds is 4. The van der Waals surface area contributed by atoms with E-state index in [1.807, 2.05) is 60.8 Å². The second-order valence-corrected chi connectivity index (χ2v) is 6.83. The highest BCUT2D eigenvalue weighted by Gasteiger charge is 2.30. The maximum absolute atomic E-state index is 6.39. The number of imidazole rings is 1. The van der Waals surface area contributed by atoms with Gasteiger partial charge in [-0.3, -0.25) is 4.40 Å². The monoisotopic (exact) mass is 361 g/mol. The van der Waals surface area contributed by atoms with Gasteiger partial charge in [0.25, 0.3) is 0 Å². The summed E-state index contributed by atoms with van der Waals surface area (Å²) in [6.45, 7) is 0. The first-order valence-corrected chi connectivity index (χ1v) is 9.03. The molecule has 1 aliphatic rings. The van der Waals surface area contributed by atoms with Gasteiger partial charge in [-0.1, -0.05) is 29.8 Å². The Hall–Kier alpha value is -2.85. The summed E-state index contributed by atoms with van der Waals surface area (Å²) >= 11 is 6.39. The van der Waals surface area contributed by atoms with Crippen molar-refractivity contribution < 1.29 is 4.74 Å². The highest BCUT2D eigenvalue weighted by atomic mass is 35.5. The smallest absolute Gasteiger partial charge is 0.155 e. The van der Waals surface area contributed by atoms with Crippen molar-refractivity contribution in [2.45, 2.75) is 18.8 Å². The van der Waals surface area contributed by atoms with Crippen molar-refractivity contribution in [1.82, 2.24) is 14.4 Å². The lowest BCUT2D eigenvalue weighted by molar-refractivity contribution is 0.483. The molecule has 0 saturated heterocycles. The molecule has 26 heavy (non-hydrogen) atoms. The molecule has 0 spiro atoms. The van der Waals surface area contributed by atoms with E-state index >= 15 is 0 Å². The molecule has 2 aromatic carbocycles. The highest BCUT2D eigenvalue weighted by molar-refractivity contribution is 6.33. The minimum Gasteiger partial charge on any atom is -0.457 e. The zero-order valence-electron chi connectivity index (χ0n) is 14.0.